The lowest BCUT2D eigenvalue weighted by Gasteiger charge is -2.32. The number of hydrazone groups is 1. The number of nitrogens with zero attached hydrogens (tertiary/aromatic N) is 3. The van der Waals surface area contributed by atoms with Gasteiger partial charge < -0.3 is 16.0 Å². The number of hydrogen-bond acceptors (Lipinski definition) is 4. The molecule has 3 N–H and O–H groups in total. The summed E-state index contributed by atoms with van der Waals surface area (Å²) in [6, 6.07) is 13.9. The molecule has 1 fully saturated rings. The monoisotopic (exact) mass is 463 g/mol. The Bertz CT molecular complexity index is 1060. The minimum atomic E-state index is -0.823. The molecular weight excluding hydrogens is 437 g/mol. The Kier molecular flexibility index (Phi) is 7.14. The molecule has 33 heavy (non-hydrogen) atoms. The third-order valence-corrected chi connectivity index (χ3v) is 5.76. The van der Waals surface area contributed by atoms with E-state index < -0.39 is 6.04 Å². The zero-order valence-electron chi connectivity index (χ0n) is 18.1. The van der Waals surface area contributed by atoms with Crippen LogP contribution in [0.5, 0.6) is 0 Å². The van der Waals surface area contributed by atoms with E-state index in [1.807, 2.05) is 54.6 Å². The number of rotatable bonds is 6. The van der Waals surface area contributed by atoms with Crippen molar-refractivity contribution < 1.29 is 9.18 Å². The van der Waals surface area contributed by atoms with Gasteiger partial charge in [-0.15, -0.1) is 0 Å². The first-order chi connectivity index (χ1) is 16.0. The van der Waals surface area contributed by atoms with Crippen molar-refractivity contribution in [2.24, 2.45) is 10.8 Å². The predicted molar refractivity (Wildman–Crippen MR) is 133 cm³/mol. The van der Waals surface area contributed by atoms with Crippen molar-refractivity contribution in [3.8, 4) is 0 Å². The van der Waals surface area contributed by atoms with Gasteiger partial charge in [0.1, 0.15) is 11.9 Å². The van der Waals surface area contributed by atoms with Crippen LogP contribution in [0, 0.1) is 5.82 Å². The number of amides is 1. The van der Waals surface area contributed by atoms with Crippen molar-refractivity contribution in [2.45, 2.75) is 24.9 Å². The summed E-state index contributed by atoms with van der Waals surface area (Å²) in [4.78, 5) is 15.0. The standard InChI is InChI=1S/C25H26FN5OS/c26-19-8-14-22(15-9-19)31(25(27)33)23(18-6-2-1-3-7-18)24(32)28-20-10-12-21(13-11-20)29-30-16-4-5-17-30/h1-3,6-15,20,23H,4-5,16-17H2,(H2,27,33)(H,28,32). The fourth-order valence-corrected chi connectivity index (χ4v) is 4.16. The lowest BCUT2D eigenvalue weighted by atomic mass is 10.0. The predicted octanol–water partition coefficient (Wildman–Crippen LogP) is 3.68. The average Bonchev–Trinajstić information content (AvgIpc) is 3.33. The van der Waals surface area contributed by atoms with E-state index in [9.17, 15) is 9.18 Å². The molecule has 1 aliphatic carbocycles. The molecule has 1 heterocycles. The molecule has 2 aromatic carbocycles. The zero-order chi connectivity index (χ0) is 23.2. The summed E-state index contributed by atoms with van der Waals surface area (Å²) < 4.78 is 13.5. The molecule has 1 amide bonds. The molecule has 2 aliphatic rings. The molecule has 0 bridgehead atoms. The summed E-state index contributed by atoms with van der Waals surface area (Å²) >= 11 is 5.30. The van der Waals surface area contributed by atoms with Gasteiger partial charge in [0.05, 0.1) is 11.8 Å². The van der Waals surface area contributed by atoms with Crippen LogP contribution in [0.2, 0.25) is 0 Å². The van der Waals surface area contributed by atoms with Crippen molar-refractivity contribution in [2.75, 3.05) is 18.0 Å². The molecule has 0 radical (unpaired) electrons. The Hall–Kier alpha value is -3.52. The molecule has 0 saturated carbocycles. The zero-order valence-corrected chi connectivity index (χ0v) is 18.9. The molecular formula is C25H26FN5OS. The van der Waals surface area contributed by atoms with Gasteiger partial charge in [-0.2, -0.15) is 5.10 Å². The smallest absolute Gasteiger partial charge is 0.248 e. The normalized spacial score (nSPS) is 18.2. The number of thiocarbonyl (C=S) groups is 1. The van der Waals surface area contributed by atoms with E-state index in [-0.39, 0.29) is 22.9 Å². The SMILES string of the molecule is NC(=S)N(c1ccc(F)cc1)C(C(=O)NC1C=CC(=NN2CCCC2)C=C1)c1ccccc1. The number of hydrogen-bond donors (Lipinski definition) is 2. The van der Waals surface area contributed by atoms with Crippen molar-refractivity contribution in [3.63, 3.8) is 0 Å². The lowest BCUT2D eigenvalue weighted by molar-refractivity contribution is -0.122. The molecule has 2 aromatic rings. The molecule has 1 atom stereocenters. The van der Waals surface area contributed by atoms with Crippen LogP contribution in [0.3, 0.4) is 0 Å². The molecule has 6 nitrogen and oxygen atoms in total. The number of halogens is 1. The first-order valence-corrected chi connectivity index (χ1v) is 11.3. The Balaban J connectivity index is 1.56. The third-order valence-electron chi connectivity index (χ3n) is 5.56. The summed E-state index contributed by atoms with van der Waals surface area (Å²) in [5, 5.41) is 9.74. The molecule has 1 unspecified atom stereocenters. The van der Waals surface area contributed by atoms with E-state index in [2.05, 4.69) is 15.4 Å². The van der Waals surface area contributed by atoms with Crippen molar-refractivity contribution >= 4 is 34.6 Å². The van der Waals surface area contributed by atoms with Crippen LogP contribution in [-0.2, 0) is 4.79 Å². The van der Waals surface area contributed by atoms with E-state index in [1.54, 1.807) is 12.1 Å². The van der Waals surface area contributed by atoms with Crippen LogP contribution in [0.1, 0.15) is 24.4 Å². The second-order valence-electron chi connectivity index (χ2n) is 7.94. The quantitative estimate of drug-likeness (QED) is 0.640. The average molecular weight is 464 g/mol. The van der Waals surface area contributed by atoms with Crippen LogP contribution in [-0.4, -0.2) is 40.9 Å². The van der Waals surface area contributed by atoms with Gasteiger partial charge in [-0.1, -0.05) is 42.5 Å². The maximum absolute atomic E-state index is 13.5. The second kappa shape index (κ2) is 10.4. The number of nitrogens with one attached hydrogen (secondary N) is 1. The van der Waals surface area contributed by atoms with Crippen LogP contribution in [0.15, 0.2) is 84.0 Å². The first kappa shape index (κ1) is 22.7. The Morgan fingerprint density at radius 2 is 1.73 bits per heavy atom. The van der Waals surface area contributed by atoms with Gasteiger partial charge in [0.15, 0.2) is 5.11 Å². The van der Waals surface area contributed by atoms with Gasteiger partial charge in [0, 0.05) is 18.8 Å². The third kappa shape index (κ3) is 5.64. The first-order valence-electron chi connectivity index (χ1n) is 10.9. The van der Waals surface area contributed by atoms with Gasteiger partial charge in [0.2, 0.25) is 5.91 Å². The summed E-state index contributed by atoms with van der Waals surface area (Å²) in [5.74, 6) is -0.663. The molecule has 4 rings (SSSR count). The van der Waals surface area contributed by atoms with E-state index in [0.29, 0.717) is 11.3 Å². The van der Waals surface area contributed by atoms with Crippen LogP contribution in [0.25, 0.3) is 0 Å². The number of carbonyl (C=O) groups is 1. The Morgan fingerprint density at radius 3 is 2.33 bits per heavy atom. The number of benzene rings is 2. The summed E-state index contributed by atoms with van der Waals surface area (Å²) in [5.41, 5.74) is 8.15. The molecule has 170 valence electrons. The van der Waals surface area contributed by atoms with Crippen LogP contribution >= 0.6 is 12.2 Å². The summed E-state index contributed by atoms with van der Waals surface area (Å²) in [7, 11) is 0. The Labute approximate surface area is 198 Å². The van der Waals surface area contributed by atoms with Crippen molar-refractivity contribution in [1.82, 2.24) is 10.3 Å². The highest BCUT2D eigenvalue weighted by atomic mass is 32.1. The van der Waals surface area contributed by atoms with E-state index in [1.165, 1.54) is 17.0 Å². The van der Waals surface area contributed by atoms with E-state index in [4.69, 9.17) is 18.0 Å². The molecule has 1 saturated heterocycles. The van der Waals surface area contributed by atoms with Crippen molar-refractivity contribution in [1.29, 1.82) is 0 Å². The highest BCUT2D eigenvalue weighted by Gasteiger charge is 2.31. The van der Waals surface area contributed by atoms with E-state index >= 15 is 0 Å². The fourth-order valence-electron chi connectivity index (χ4n) is 3.95. The Morgan fingerprint density at radius 1 is 1.09 bits per heavy atom. The maximum Gasteiger partial charge on any atom is 0.248 e. The highest BCUT2D eigenvalue weighted by Crippen LogP contribution is 2.28. The number of allylic oxidation sites excluding steroid dienone is 2. The number of anilines is 1. The van der Waals surface area contributed by atoms with Gasteiger partial charge >= 0.3 is 0 Å². The van der Waals surface area contributed by atoms with Crippen LogP contribution < -0.4 is 16.0 Å². The van der Waals surface area contributed by atoms with Gasteiger partial charge in [0.25, 0.3) is 0 Å². The minimum absolute atomic E-state index is 0.0142. The molecule has 8 heteroatoms. The van der Waals surface area contributed by atoms with E-state index in [0.717, 1.165) is 31.6 Å². The van der Waals surface area contributed by atoms with Crippen molar-refractivity contribution in [3.05, 3.63) is 90.3 Å². The number of nitrogens with two attached hydrogens (primary N) is 1. The fraction of sp³-hybridized carbons (Fsp3) is 0.240. The highest BCUT2D eigenvalue weighted by molar-refractivity contribution is 7.80. The van der Waals surface area contributed by atoms with Gasteiger partial charge in [-0.05, 0) is 67.0 Å². The maximum atomic E-state index is 13.5. The molecule has 0 spiro atoms. The molecule has 1 aliphatic heterocycles. The van der Waals surface area contributed by atoms with Gasteiger partial charge in [-0.25, -0.2) is 4.39 Å². The largest absolute Gasteiger partial charge is 0.376 e. The topological polar surface area (TPSA) is 74.0 Å². The van der Waals surface area contributed by atoms with Crippen LogP contribution in [0.4, 0.5) is 10.1 Å². The summed E-state index contributed by atoms with van der Waals surface area (Å²) in [6.45, 7) is 1.95. The number of carbonyl (C=O) groups excluding carboxylic acids is 1. The minimum Gasteiger partial charge on any atom is -0.376 e. The molecule has 0 aromatic heterocycles. The lowest BCUT2D eigenvalue weighted by Crippen LogP contribution is -2.48. The second-order valence-corrected chi connectivity index (χ2v) is 8.35. The van der Waals surface area contributed by atoms with Gasteiger partial charge in [-0.3, -0.25) is 9.80 Å². The summed E-state index contributed by atoms with van der Waals surface area (Å²) in [6.07, 6.45) is 9.95.